The molecule has 4 N–H and O–H groups in total. The molecule has 0 bridgehead atoms. The Bertz CT molecular complexity index is 1060. The van der Waals surface area contributed by atoms with Gasteiger partial charge in [0.15, 0.2) is 6.23 Å². The minimum absolute atomic E-state index is 0.0954. The molecule has 1 aromatic carbocycles. The monoisotopic (exact) mass is 465 g/mol. The quantitative estimate of drug-likeness (QED) is 0.480. The van der Waals surface area contributed by atoms with Gasteiger partial charge in [0.25, 0.3) is 0 Å². The molecule has 0 amide bonds. The maximum absolute atomic E-state index is 14.4. The van der Waals surface area contributed by atoms with Crippen LogP contribution < -0.4 is 15.8 Å². The zero-order valence-corrected chi connectivity index (χ0v) is 18.5. The third-order valence-corrected chi connectivity index (χ3v) is 6.37. The number of nitrogens with two attached hydrogens (primary N) is 1. The average Bonchev–Trinajstić information content (AvgIpc) is 3.37. The highest BCUT2D eigenvalue weighted by Gasteiger charge is 2.30. The zero-order valence-electron chi connectivity index (χ0n) is 17.7. The molecule has 4 rings (SSSR count). The number of thiazole rings is 1. The summed E-state index contributed by atoms with van der Waals surface area (Å²) in [5.74, 6) is -0.0493. The summed E-state index contributed by atoms with van der Waals surface area (Å²) >= 11 is 1.22. The zero-order chi connectivity index (χ0) is 22.8. The topological polar surface area (TPSA) is 107 Å². The molecule has 172 valence electrons. The number of ether oxygens (including phenoxy) is 2. The van der Waals surface area contributed by atoms with Crippen molar-refractivity contribution < 1.29 is 23.4 Å². The Balaban J connectivity index is 1.51. The average molecular weight is 466 g/mol. The van der Waals surface area contributed by atoms with Gasteiger partial charge >= 0.3 is 0 Å². The van der Waals surface area contributed by atoms with Gasteiger partial charge in [0.1, 0.15) is 34.5 Å². The molecule has 8 nitrogen and oxygen atoms in total. The Morgan fingerprint density at radius 2 is 2.22 bits per heavy atom. The molecular formula is C21H25F2N5O3S. The van der Waals surface area contributed by atoms with Gasteiger partial charge in [-0.3, -0.25) is 4.68 Å². The minimum Gasteiger partial charge on any atom is -0.497 e. The van der Waals surface area contributed by atoms with Crippen molar-refractivity contribution in [3.05, 3.63) is 47.0 Å². The van der Waals surface area contributed by atoms with Crippen LogP contribution in [-0.4, -0.2) is 45.8 Å². The summed E-state index contributed by atoms with van der Waals surface area (Å²) in [6, 6.07) is 3.95. The lowest BCUT2D eigenvalue weighted by molar-refractivity contribution is 0.0246. The van der Waals surface area contributed by atoms with E-state index < -0.39 is 30.4 Å². The van der Waals surface area contributed by atoms with Gasteiger partial charge in [0.05, 0.1) is 31.3 Å². The number of benzene rings is 1. The first-order valence-corrected chi connectivity index (χ1v) is 11.0. The van der Waals surface area contributed by atoms with Crippen molar-refractivity contribution in [1.82, 2.24) is 14.8 Å². The van der Waals surface area contributed by atoms with Gasteiger partial charge in [-0.2, -0.15) is 5.10 Å². The highest BCUT2D eigenvalue weighted by molar-refractivity contribution is 7.13. The van der Waals surface area contributed by atoms with E-state index in [0.29, 0.717) is 46.2 Å². The van der Waals surface area contributed by atoms with Gasteiger partial charge in [-0.15, -0.1) is 11.3 Å². The predicted molar refractivity (Wildman–Crippen MR) is 117 cm³/mol. The number of alkyl halides is 1. The highest BCUT2D eigenvalue weighted by atomic mass is 32.1. The number of halogens is 2. The molecule has 0 spiro atoms. The molecule has 11 heteroatoms. The smallest absolute Gasteiger partial charge is 0.169 e. The predicted octanol–water partition coefficient (Wildman–Crippen LogP) is 3.31. The molecule has 2 aromatic heterocycles. The van der Waals surface area contributed by atoms with Crippen LogP contribution in [0.2, 0.25) is 0 Å². The van der Waals surface area contributed by atoms with Crippen LogP contribution in [0, 0.1) is 5.82 Å². The molecule has 0 aliphatic carbocycles. The fourth-order valence-corrected chi connectivity index (χ4v) is 4.51. The van der Waals surface area contributed by atoms with Crippen molar-refractivity contribution in [2.24, 2.45) is 12.8 Å². The maximum atomic E-state index is 14.4. The molecule has 1 saturated heterocycles. The van der Waals surface area contributed by atoms with Crippen LogP contribution in [0.1, 0.15) is 36.6 Å². The normalized spacial score (nSPS) is 22.4. The van der Waals surface area contributed by atoms with Gasteiger partial charge in [-0.05, 0) is 25.0 Å². The molecule has 32 heavy (non-hydrogen) atoms. The summed E-state index contributed by atoms with van der Waals surface area (Å²) in [4.78, 5) is 4.38. The number of methoxy groups -OCH3 is 1. The summed E-state index contributed by atoms with van der Waals surface area (Å²) in [6.07, 6.45) is -0.224. The van der Waals surface area contributed by atoms with E-state index in [4.69, 9.17) is 15.2 Å². The van der Waals surface area contributed by atoms with Crippen LogP contribution in [0.3, 0.4) is 0 Å². The van der Waals surface area contributed by atoms with Crippen LogP contribution in [0.15, 0.2) is 29.8 Å². The lowest BCUT2D eigenvalue weighted by Gasteiger charge is -2.19. The summed E-state index contributed by atoms with van der Waals surface area (Å²) in [5, 5.41) is 20.0. The number of nitrogens with one attached hydrogen (secondary N) is 1. The fourth-order valence-electron chi connectivity index (χ4n) is 3.65. The second-order valence-electron chi connectivity index (χ2n) is 7.62. The number of aliphatic hydroxyl groups is 1. The van der Waals surface area contributed by atoms with Crippen molar-refractivity contribution in [3.63, 3.8) is 0 Å². The largest absolute Gasteiger partial charge is 0.497 e. The van der Waals surface area contributed by atoms with E-state index in [1.807, 2.05) is 0 Å². The van der Waals surface area contributed by atoms with E-state index >= 15 is 0 Å². The second kappa shape index (κ2) is 9.49. The standard InChI is InChI=1S/C21H25F2N5O3S/c1-28-19(18-6-5-15(24)14(23)9-31-18)16(8-25-28)26-20(29)17-10-32-21(27-17)12-4-3-11(30-2)7-13(12)22/h3-4,7-8,10,14-15,18,20,26,29H,5-6,9,24H2,1-2H3/t14-,15-,18+,20?/m1/s1. The Morgan fingerprint density at radius 1 is 1.41 bits per heavy atom. The van der Waals surface area contributed by atoms with Gasteiger partial charge in [-0.25, -0.2) is 13.8 Å². The first kappa shape index (κ1) is 22.6. The Morgan fingerprint density at radius 3 is 2.97 bits per heavy atom. The highest BCUT2D eigenvalue weighted by Crippen LogP contribution is 2.35. The van der Waals surface area contributed by atoms with Crippen LogP contribution in [-0.2, 0) is 11.8 Å². The van der Waals surface area contributed by atoms with Crippen molar-refractivity contribution in [2.75, 3.05) is 19.0 Å². The molecule has 4 atom stereocenters. The molecule has 1 unspecified atom stereocenters. The molecule has 3 heterocycles. The number of aryl methyl sites for hydroxylation is 1. The van der Waals surface area contributed by atoms with Crippen molar-refractivity contribution >= 4 is 17.0 Å². The first-order valence-electron chi connectivity index (χ1n) is 10.1. The van der Waals surface area contributed by atoms with Crippen molar-refractivity contribution in [3.8, 4) is 16.3 Å². The minimum atomic E-state index is -1.22. The summed E-state index contributed by atoms with van der Waals surface area (Å²) < 4.78 is 40.7. The lowest BCUT2D eigenvalue weighted by Crippen LogP contribution is -2.32. The van der Waals surface area contributed by atoms with Crippen molar-refractivity contribution in [1.29, 1.82) is 0 Å². The number of hydrogen-bond donors (Lipinski definition) is 3. The van der Waals surface area contributed by atoms with Gasteiger partial charge in [0, 0.05) is 30.1 Å². The van der Waals surface area contributed by atoms with Crippen molar-refractivity contribution in [2.45, 2.75) is 37.4 Å². The lowest BCUT2D eigenvalue weighted by atomic mass is 10.0. The summed E-state index contributed by atoms with van der Waals surface area (Å²) in [7, 11) is 3.22. The second-order valence-corrected chi connectivity index (χ2v) is 8.47. The number of rotatable bonds is 6. The van der Waals surface area contributed by atoms with Gasteiger partial charge in [-0.1, -0.05) is 0 Å². The third kappa shape index (κ3) is 4.60. The van der Waals surface area contributed by atoms with E-state index in [1.165, 1.54) is 24.5 Å². The molecule has 1 fully saturated rings. The number of aliphatic hydroxyl groups excluding tert-OH is 1. The molecule has 1 aliphatic heterocycles. The Labute approximate surface area is 188 Å². The number of aromatic nitrogens is 3. The van der Waals surface area contributed by atoms with E-state index in [9.17, 15) is 13.9 Å². The first-order chi connectivity index (χ1) is 15.4. The summed E-state index contributed by atoms with van der Waals surface area (Å²) in [5.41, 5.74) is 7.71. The molecule has 0 saturated carbocycles. The molecular weight excluding hydrogens is 440 g/mol. The SMILES string of the molecule is COc1ccc(-c2nc(C(O)Nc3cnn(C)c3[C@@H]3CC[C@@H](N)[C@H](F)CO3)cs2)c(F)c1. The van der Waals surface area contributed by atoms with E-state index in [0.717, 1.165) is 0 Å². The number of hydrogen-bond acceptors (Lipinski definition) is 8. The van der Waals surface area contributed by atoms with Crippen LogP contribution in [0.25, 0.3) is 10.6 Å². The van der Waals surface area contributed by atoms with Crippen LogP contribution >= 0.6 is 11.3 Å². The van der Waals surface area contributed by atoms with E-state index in [1.54, 1.807) is 35.4 Å². The van der Waals surface area contributed by atoms with Crippen LogP contribution in [0.4, 0.5) is 14.5 Å². The van der Waals surface area contributed by atoms with Gasteiger partial charge < -0.3 is 25.6 Å². The van der Waals surface area contributed by atoms with Gasteiger partial charge in [0.2, 0.25) is 0 Å². The van der Waals surface area contributed by atoms with Crippen LogP contribution in [0.5, 0.6) is 5.75 Å². The van der Waals surface area contributed by atoms with E-state index in [2.05, 4.69) is 15.4 Å². The molecule has 0 radical (unpaired) electrons. The number of nitrogens with zero attached hydrogens (tertiary/aromatic N) is 3. The number of anilines is 1. The Hall–Kier alpha value is -2.60. The fraction of sp³-hybridized carbons (Fsp3) is 0.429. The third-order valence-electron chi connectivity index (χ3n) is 5.47. The maximum Gasteiger partial charge on any atom is 0.169 e. The molecule has 1 aliphatic rings. The Kier molecular flexibility index (Phi) is 6.70. The molecule has 3 aromatic rings. The summed E-state index contributed by atoms with van der Waals surface area (Å²) in [6.45, 7) is -0.0954. The van der Waals surface area contributed by atoms with E-state index in [-0.39, 0.29) is 6.61 Å².